The molecule has 0 aliphatic heterocycles. The molecule has 0 spiro atoms. The molecule has 0 aliphatic carbocycles. The van der Waals surface area contributed by atoms with Crippen molar-refractivity contribution >= 4 is 22.8 Å². The molecule has 116 valence electrons. The van der Waals surface area contributed by atoms with Crippen molar-refractivity contribution < 1.29 is 19.1 Å². The number of carbonyl (C=O) groups is 2. The van der Waals surface area contributed by atoms with Gasteiger partial charge >= 0.3 is 5.97 Å². The molecule has 0 aliphatic rings. The average Bonchev–Trinajstić information content (AvgIpc) is 2.91. The third kappa shape index (κ3) is 2.89. The summed E-state index contributed by atoms with van der Waals surface area (Å²) in [5.74, 6) is -1.76. The van der Waals surface area contributed by atoms with Crippen LogP contribution in [0.1, 0.15) is 32.3 Å². The van der Waals surface area contributed by atoms with Crippen molar-refractivity contribution in [3.05, 3.63) is 59.4 Å². The second kappa shape index (κ2) is 5.88. The monoisotopic (exact) mass is 311 g/mol. The van der Waals surface area contributed by atoms with Crippen LogP contribution in [0.3, 0.4) is 0 Å². The molecule has 1 aromatic carbocycles. The number of benzene rings is 1. The topological polar surface area (TPSA) is 105 Å². The maximum absolute atomic E-state index is 12.1. The molecule has 0 atom stereocenters. The smallest absolute Gasteiger partial charge is 0.372 e. The van der Waals surface area contributed by atoms with Crippen LogP contribution in [0.5, 0.6) is 0 Å². The number of aryl methyl sites for hydroxylation is 1. The number of aromatic carboxylic acids is 1. The third-order valence-corrected chi connectivity index (χ3v) is 3.35. The minimum absolute atomic E-state index is 0.0283. The highest BCUT2D eigenvalue weighted by atomic mass is 16.4. The molecule has 3 aromatic rings. The molecule has 23 heavy (non-hydrogen) atoms. The second-order valence-corrected chi connectivity index (χ2v) is 4.94. The van der Waals surface area contributed by atoms with Gasteiger partial charge in [-0.25, -0.2) is 14.8 Å². The number of rotatable bonds is 4. The molecule has 2 heterocycles. The highest BCUT2D eigenvalue weighted by Crippen LogP contribution is 2.25. The molecule has 3 rings (SSSR count). The second-order valence-electron chi connectivity index (χ2n) is 4.94. The third-order valence-electron chi connectivity index (χ3n) is 3.35. The average molecular weight is 311 g/mol. The number of nitrogens with zero attached hydrogens (tertiary/aromatic N) is 2. The Kier molecular flexibility index (Phi) is 3.76. The number of hydrogen-bond donors (Lipinski definition) is 2. The van der Waals surface area contributed by atoms with Gasteiger partial charge in [0, 0.05) is 23.2 Å². The number of furan rings is 1. The van der Waals surface area contributed by atoms with Crippen LogP contribution in [-0.4, -0.2) is 27.0 Å². The standard InChI is InChI=1S/C16H13N3O4/c1-9-6-12(19-8-18-9)15(20)17-7-11-10-4-2-3-5-13(10)23-14(11)16(21)22/h2-6,8H,7H2,1H3,(H,17,20)(H,21,22). The minimum Gasteiger partial charge on any atom is -0.475 e. The van der Waals surface area contributed by atoms with Crippen molar-refractivity contribution in [2.45, 2.75) is 13.5 Å². The van der Waals surface area contributed by atoms with E-state index in [4.69, 9.17) is 4.42 Å². The first-order valence-electron chi connectivity index (χ1n) is 6.87. The van der Waals surface area contributed by atoms with Gasteiger partial charge in [0.05, 0.1) is 0 Å². The van der Waals surface area contributed by atoms with E-state index in [2.05, 4.69) is 15.3 Å². The lowest BCUT2D eigenvalue weighted by molar-refractivity contribution is 0.0662. The van der Waals surface area contributed by atoms with Crippen LogP contribution in [-0.2, 0) is 6.54 Å². The van der Waals surface area contributed by atoms with Gasteiger partial charge in [-0.3, -0.25) is 4.79 Å². The van der Waals surface area contributed by atoms with Gasteiger partial charge in [0.25, 0.3) is 5.91 Å². The minimum atomic E-state index is -1.18. The van der Waals surface area contributed by atoms with Gasteiger partial charge in [-0.2, -0.15) is 0 Å². The van der Waals surface area contributed by atoms with Crippen LogP contribution in [0.4, 0.5) is 0 Å². The van der Waals surface area contributed by atoms with Crippen molar-refractivity contribution in [2.24, 2.45) is 0 Å². The summed E-state index contributed by atoms with van der Waals surface area (Å²) in [7, 11) is 0. The fraction of sp³-hybridized carbons (Fsp3) is 0.125. The predicted molar refractivity (Wildman–Crippen MR) is 81.1 cm³/mol. The van der Waals surface area contributed by atoms with Crippen molar-refractivity contribution in [1.29, 1.82) is 0 Å². The molecule has 2 aromatic heterocycles. The Morgan fingerprint density at radius 1 is 1.26 bits per heavy atom. The zero-order chi connectivity index (χ0) is 16.4. The quantitative estimate of drug-likeness (QED) is 0.765. The zero-order valence-electron chi connectivity index (χ0n) is 12.2. The van der Waals surface area contributed by atoms with E-state index in [0.717, 1.165) is 0 Å². The SMILES string of the molecule is Cc1cc(C(=O)NCc2c(C(=O)O)oc3ccccc23)ncn1. The van der Waals surface area contributed by atoms with Crippen LogP contribution in [0.25, 0.3) is 11.0 Å². The predicted octanol–water partition coefficient (Wildman–Crippen LogP) is 2.16. The lowest BCUT2D eigenvalue weighted by Crippen LogP contribution is -2.24. The van der Waals surface area contributed by atoms with Gasteiger partial charge in [-0.05, 0) is 19.1 Å². The van der Waals surface area contributed by atoms with E-state index in [1.54, 1.807) is 37.3 Å². The molecule has 0 saturated heterocycles. The molecular weight excluding hydrogens is 298 g/mol. The number of carbonyl (C=O) groups excluding carboxylic acids is 1. The van der Waals surface area contributed by atoms with E-state index < -0.39 is 11.9 Å². The van der Waals surface area contributed by atoms with E-state index >= 15 is 0 Å². The Morgan fingerprint density at radius 3 is 2.78 bits per heavy atom. The van der Waals surface area contributed by atoms with Gasteiger partial charge in [0.15, 0.2) is 0 Å². The van der Waals surface area contributed by atoms with Crippen LogP contribution >= 0.6 is 0 Å². The Bertz CT molecular complexity index is 901. The van der Waals surface area contributed by atoms with E-state index in [0.29, 0.717) is 22.2 Å². The summed E-state index contributed by atoms with van der Waals surface area (Å²) in [6.07, 6.45) is 1.31. The highest BCUT2D eigenvalue weighted by molar-refractivity contribution is 5.96. The van der Waals surface area contributed by atoms with Crippen LogP contribution in [0, 0.1) is 6.92 Å². The number of amides is 1. The Balaban J connectivity index is 1.88. The molecule has 7 nitrogen and oxygen atoms in total. The van der Waals surface area contributed by atoms with E-state index in [1.807, 2.05) is 0 Å². The number of aromatic nitrogens is 2. The zero-order valence-corrected chi connectivity index (χ0v) is 12.2. The number of carboxylic acids is 1. The number of fused-ring (bicyclic) bond motifs is 1. The summed E-state index contributed by atoms with van der Waals surface area (Å²) in [6.45, 7) is 1.78. The van der Waals surface area contributed by atoms with E-state index in [1.165, 1.54) is 6.33 Å². The molecule has 0 fully saturated rings. The van der Waals surface area contributed by atoms with E-state index in [-0.39, 0.29) is 18.0 Å². The number of carboxylic acid groups (broad SMARTS) is 1. The normalized spacial score (nSPS) is 10.7. The van der Waals surface area contributed by atoms with Crippen molar-refractivity contribution in [3.8, 4) is 0 Å². The van der Waals surface area contributed by atoms with E-state index in [9.17, 15) is 14.7 Å². The lowest BCUT2D eigenvalue weighted by atomic mass is 10.1. The molecule has 2 N–H and O–H groups in total. The molecule has 0 saturated carbocycles. The summed E-state index contributed by atoms with van der Waals surface area (Å²) in [5, 5.41) is 12.6. The maximum atomic E-state index is 12.1. The maximum Gasteiger partial charge on any atom is 0.372 e. The molecular formula is C16H13N3O4. The van der Waals surface area contributed by atoms with Gasteiger partial charge in [0.2, 0.25) is 5.76 Å². The number of nitrogens with one attached hydrogen (secondary N) is 1. The van der Waals surface area contributed by atoms with Gasteiger partial charge < -0.3 is 14.8 Å². The van der Waals surface area contributed by atoms with Crippen LogP contribution in [0.2, 0.25) is 0 Å². The Morgan fingerprint density at radius 2 is 2.04 bits per heavy atom. The van der Waals surface area contributed by atoms with Crippen molar-refractivity contribution in [1.82, 2.24) is 15.3 Å². The molecule has 0 unspecified atom stereocenters. The van der Waals surface area contributed by atoms with Gasteiger partial charge in [-0.1, -0.05) is 18.2 Å². The van der Waals surface area contributed by atoms with Crippen LogP contribution < -0.4 is 5.32 Å². The first-order valence-corrected chi connectivity index (χ1v) is 6.87. The fourth-order valence-electron chi connectivity index (χ4n) is 2.28. The largest absolute Gasteiger partial charge is 0.475 e. The molecule has 0 bridgehead atoms. The number of para-hydroxylation sites is 1. The van der Waals surface area contributed by atoms with Crippen molar-refractivity contribution in [3.63, 3.8) is 0 Å². The van der Waals surface area contributed by atoms with Crippen LogP contribution in [0.15, 0.2) is 41.1 Å². The molecule has 0 radical (unpaired) electrons. The first kappa shape index (κ1) is 14.7. The summed E-state index contributed by atoms with van der Waals surface area (Å²) < 4.78 is 5.34. The lowest BCUT2D eigenvalue weighted by Gasteiger charge is -2.05. The summed E-state index contributed by atoms with van der Waals surface area (Å²) >= 11 is 0. The van der Waals surface area contributed by atoms with Gasteiger partial charge in [-0.15, -0.1) is 0 Å². The first-order chi connectivity index (χ1) is 11.1. The van der Waals surface area contributed by atoms with Gasteiger partial charge in [0.1, 0.15) is 17.6 Å². The summed E-state index contributed by atoms with van der Waals surface area (Å²) in [6, 6.07) is 8.52. The summed E-state index contributed by atoms with van der Waals surface area (Å²) in [4.78, 5) is 31.3. The number of hydrogen-bond acceptors (Lipinski definition) is 5. The highest BCUT2D eigenvalue weighted by Gasteiger charge is 2.20. The molecule has 7 heteroatoms. The summed E-state index contributed by atoms with van der Waals surface area (Å²) in [5.41, 5.74) is 1.78. The Hall–Kier alpha value is -3.22. The molecule has 1 amide bonds. The Labute approximate surface area is 131 Å². The fourth-order valence-corrected chi connectivity index (χ4v) is 2.28. The van der Waals surface area contributed by atoms with Crippen molar-refractivity contribution in [2.75, 3.05) is 0 Å².